The molecule has 0 aliphatic rings. The van der Waals surface area contributed by atoms with Gasteiger partial charge in [-0.05, 0) is 35.9 Å². The summed E-state index contributed by atoms with van der Waals surface area (Å²) in [4.78, 5) is 29.5. The van der Waals surface area contributed by atoms with Gasteiger partial charge in [0.2, 0.25) is 0 Å². The molecule has 0 saturated heterocycles. The first-order valence-electron chi connectivity index (χ1n) is 6.38. The first-order chi connectivity index (χ1) is 10.0. The van der Waals surface area contributed by atoms with Gasteiger partial charge in [-0.15, -0.1) is 0 Å². The van der Waals surface area contributed by atoms with Crippen LogP contribution in [0.15, 0.2) is 47.3 Å². The second kappa shape index (κ2) is 4.86. The minimum Gasteiger partial charge on any atom is -0.478 e. The van der Waals surface area contributed by atoms with Gasteiger partial charge in [-0.2, -0.15) is 0 Å². The Balaban J connectivity index is 2.15. The quantitative estimate of drug-likeness (QED) is 0.755. The lowest BCUT2D eigenvalue weighted by molar-refractivity contribution is 0.0697. The van der Waals surface area contributed by atoms with Gasteiger partial charge in [-0.25, -0.2) is 9.78 Å². The number of carbonyl (C=O) groups is 1. The summed E-state index contributed by atoms with van der Waals surface area (Å²) in [6.45, 7) is 1.76. The van der Waals surface area contributed by atoms with Crippen LogP contribution in [-0.4, -0.2) is 21.0 Å². The standard InChI is InChI=1S/C16H12N2O3/c1-9-6-14(19)18-15(17-9)12-4-2-11-8-13(16(20)21)5-3-10(11)7-12/h2-8H,1H3,(H,20,21)(H,17,18,19). The molecule has 0 atom stereocenters. The van der Waals surface area contributed by atoms with E-state index < -0.39 is 5.97 Å². The molecule has 5 heteroatoms. The summed E-state index contributed by atoms with van der Waals surface area (Å²) in [5, 5.41) is 10.7. The van der Waals surface area contributed by atoms with E-state index in [0.717, 1.165) is 16.3 Å². The maximum atomic E-state index is 11.5. The normalized spacial score (nSPS) is 10.7. The Hall–Kier alpha value is -2.95. The highest BCUT2D eigenvalue weighted by Crippen LogP contribution is 2.22. The number of carboxylic acids is 1. The molecule has 0 aliphatic carbocycles. The molecule has 0 radical (unpaired) electrons. The van der Waals surface area contributed by atoms with E-state index in [2.05, 4.69) is 9.97 Å². The lowest BCUT2D eigenvalue weighted by Gasteiger charge is -2.05. The summed E-state index contributed by atoms with van der Waals surface area (Å²) < 4.78 is 0. The van der Waals surface area contributed by atoms with E-state index in [1.165, 1.54) is 6.07 Å². The zero-order valence-electron chi connectivity index (χ0n) is 11.3. The van der Waals surface area contributed by atoms with Crippen molar-refractivity contribution in [3.05, 3.63) is 64.1 Å². The van der Waals surface area contributed by atoms with Crippen LogP contribution in [0.2, 0.25) is 0 Å². The van der Waals surface area contributed by atoms with E-state index in [1.807, 2.05) is 18.2 Å². The number of fused-ring (bicyclic) bond motifs is 1. The molecule has 3 aromatic rings. The lowest BCUT2D eigenvalue weighted by Crippen LogP contribution is -2.08. The number of nitrogens with one attached hydrogen (secondary N) is 1. The third-order valence-electron chi connectivity index (χ3n) is 3.23. The van der Waals surface area contributed by atoms with Crippen molar-refractivity contribution in [2.75, 3.05) is 0 Å². The maximum absolute atomic E-state index is 11.5. The van der Waals surface area contributed by atoms with Gasteiger partial charge in [0, 0.05) is 17.3 Å². The Labute approximate surface area is 119 Å². The summed E-state index contributed by atoms with van der Waals surface area (Å²) in [6.07, 6.45) is 0. The zero-order valence-corrected chi connectivity index (χ0v) is 11.3. The monoisotopic (exact) mass is 280 g/mol. The van der Waals surface area contributed by atoms with Gasteiger partial charge in [0.1, 0.15) is 5.82 Å². The van der Waals surface area contributed by atoms with Crippen LogP contribution in [0, 0.1) is 6.92 Å². The Morgan fingerprint density at radius 1 is 1.10 bits per heavy atom. The van der Waals surface area contributed by atoms with Crippen molar-refractivity contribution in [1.29, 1.82) is 0 Å². The van der Waals surface area contributed by atoms with E-state index in [9.17, 15) is 9.59 Å². The van der Waals surface area contributed by atoms with Crippen LogP contribution in [0.4, 0.5) is 0 Å². The molecule has 0 unspecified atom stereocenters. The average Bonchev–Trinajstić information content (AvgIpc) is 2.45. The SMILES string of the molecule is Cc1cc(=O)[nH]c(-c2ccc3cc(C(=O)O)ccc3c2)n1. The van der Waals surface area contributed by atoms with Crippen LogP contribution in [-0.2, 0) is 0 Å². The molecule has 0 bridgehead atoms. The number of aromatic carboxylic acids is 1. The highest BCUT2D eigenvalue weighted by molar-refractivity contribution is 5.95. The van der Waals surface area contributed by atoms with Crippen molar-refractivity contribution < 1.29 is 9.90 Å². The minimum atomic E-state index is -0.953. The summed E-state index contributed by atoms with van der Waals surface area (Å²) in [5.74, 6) is -0.449. The third-order valence-corrected chi connectivity index (χ3v) is 3.23. The van der Waals surface area contributed by atoms with Crippen molar-refractivity contribution in [1.82, 2.24) is 9.97 Å². The van der Waals surface area contributed by atoms with Crippen molar-refractivity contribution >= 4 is 16.7 Å². The molecule has 2 aromatic carbocycles. The van der Waals surface area contributed by atoms with Gasteiger partial charge in [0.05, 0.1) is 5.56 Å². The van der Waals surface area contributed by atoms with Crippen molar-refractivity contribution in [2.45, 2.75) is 6.92 Å². The van der Waals surface area contributed by atoms with Crippen LogP contribution in [0.1, 0.15) is 16.1 Å². The molecule has 0 saturated carbocycles. The number of carboxylic acid groups (broad SMARTS) is 1. The molecule has 1 aromatic heterocycles. The molecule has 0 spiro atoms. The predicted octanol–water partition coefficient (Wildman–Crippen LogP) is 2.60. The molecule has 104 valence electrons. The largest absolute Gasteiger partial charge is 0.478 e. The van der Waals surface area contributed by atoms with Crippen molar-refractivity contribution in [3.8, 4) is 11.4 Å². The van der Waals surface area contributed by atoms with E-state index in [0.29, 0.717) is 11.5 Å². The number of benzene rings is 2. The first kappa shape index (κ1) is 13.1. The van der Waals surface area contributed by atoms with Crippen LogP contribution < -0.4 is 5.56 Å². The van der Waals surface area contributed by atoms with Gasteiger partial charge < -0.3 is 10.1 Å². The topological polar surface area (TPSA) is 83.0 Å². The minimum absolute atomic E-state index is 0.196. The number of nitrogens with zero attached hydrogens (tertiary/aromatic N) is 1. The molecular weight excluding hydrogens is 268 g/mol. The summed E-state index contributed by atoms with van der Waals surface area (Å²) in [7, 11) is 0. The number of aromatic nitrogens is 2. The second-order valence-electron chi connectivity index (χ2n) is 4.82. The Bertz CT molecular complexity index is 913. The molecule has 5 nitrogen and oxygen atoms in total. The molecule has 3 rings (SSSR count). The van der Waals surface area contributed by atoms with Crippen molar-refractivity contribution in [2.24, 2.45) is 0 Å². The number of H-pyrrole nitrogens is 1. The molecule has 0 aliphatic heterocycles. The zero-order chi connectivity index (χ0) is 15.0. The second-order valence-corrected chi connectivity index (χ2v) is 4.82. The van der Waals surface area contributed by atoms with Crippen LogP contribution >= 0.6 is 0 Å². The van der Waals surface area contributed by atoms with Gasteiger partial charge in [-0.3, -0.25) is 4.79 Å². The molecule has 0 fully saturated rings. The fraction of sp³-hybridized carbons (Fsp3) is 0.0625. The predicted molar refractivity (Wildman–Crippen MR) is 79.5 cm³/mol. The number of aryl methyl sites for hydroxylation is 1. The fourth-order valence-electron chi connectivity index (χ4n) is 2.24. The average molecular weight is 280 g/mol. The molecular formula is C16H12N2O3. The number of rotatable bonds is 2. The maximum Gasteiger partial charge on any atom is 0.335 e. The molecule has 21 heavy (non-hydrogen) atoms. The van der Waals surface area contributed by atoms with Crippen molar-refractivity contribution in [3.63, 3.8) is 0 Å². The highest BCUT2D eigenvalue weighted by atomic mass is 16.4. The summed E-state index contributed by atoms with van der Waals surface area (Å²) in [6, 6.07) is 11.9. The Kier molecular flexibility index (Phi) is 3.02. The Morgan fingerprint density at radius 3 is 2.52 bits per heavy atom. The molecule has 2 N–H and O–H groups in total. The van der Waals surface area contributed by atoms with E-state index in [4.69, 9.17) is 5.11 Å². The van der Waals surface area contributed by atoms with Crippen LogP contribution in [0.5, 0.6) is 0 Å². The van der Waals surface area contributed by atoms with E-state index in [1.54, 1.807) is 25.1 Å². The lowest BCUT2D eigenvalue weighted by atomic mass is 10.0. The van der Waals surface area contributed by atoms with Gasteiger partial charge >= 0.3 is 5.97 Å². The summed E-state index contributed by atoms with van der Waals surface area (Å²) >= 11 is 0. The van der Waals surface area contributed by atoms with Gasteiger partial charge in [0.15, 0.2) is 0 Å². The summed E-state index contributed by atoms with van der Waals surface area (Å²) in [5.41, 5.74) is 1.48. The number of aromatic amines is 1. The van der Waals surface area contributed by atoms with Gasteiger partial charge in [0.25, 0.3) is 5.56 Å². The third kappa shape index (κ3) is 2.53. The van der Waals surface area contributed by atoms with E-state index >= 15 is 0 Å². The molecule has 1 heterocycles. The van der Waals surface area contributed by atoms with Crippen LogP contribution in [0.3, 0.4) is 0 Å². The van der Waals surface area contributed by atoms with Gasteiger partial charge in [-0.1, -0.05) is 18.2 Å². The van der Waals surface area contributed by atoms with E-state index in [-0.39, 0.29) is 11.1 Å². The molecule has 0 amide bonds. The Morgan fingerprint density at radius 2 is 1.81 bits per heavy atom. The fourth-order valence-corrected chi connectivity index (χ4v) is 2.24. The number of hydrogen-bond acceptors (Lipinski definition) is 3. The van der Waals surface area contributed by atoms with Crippen LogP contribution in [0.25, 0.3) is 22.2 Å². The first-order valence-corrected chi connectivity index (χ1v) is 6.38. The smallest absolute Gasteiger partial charge is 0.335 e. The highest BCUT2D eigenvalue weighted by Gasteiger charge is 2.06. The number of hydrogen-bond donors (Lipinski definition) is 2.